The third-order valence-corrected chi connectivity index (χ3v) is 3.03. The van der Waals surface area contributed by atoms with E-state index in [0.717, 1.165) is 5.56 Å². The summed E-state index contributed by atoms with van der Waals surface area (Å²) in [5, 5.41) is 11.5. The number of amides is 1. The molecule has 4 nitrogen and oxygen atoms in total. The van der Waals surface area contributed by atoms with Gasteiger partial charge in [0.05, 0.1) is 5.56 Å². The van der Waals surface area contributed by atoms with Gasteiger partial charge in [-0.3, -0.25) is 0 Å². The molecule has 0 heterocycles. The molecule has 0 aliphatic rings. The van der Waals surface area contributed by atoms with E-state index in [0.29, 0.717) is 5.56 Å². The molecule has 0 saturated heterocycles. The Bertz CT molecular complexity index is 736. The van der Waals surface area contributed by atoms with E-state index in [1.165, 1.54) is 12.1 Å². The Balaban J connectivity index is 1.80. The van der Waals surface area contributed by atoms with Crippen molar-refractivity contribution in [1.82, 2.24) is 5.32 Å². The van der Waals surface area contributed by atoms with Crippen molar-refractivity contribution in [1.29, 1.82) is 5.26 Å². The number of carbonyl (C=O) groups is 1. The average molecular weight is 310 g/mol. The molecule has 0 aromatic heterocycles. The first-order valence-electron chi connectivity index (χ1n) is 7.00. The van der Waals surface area contributed by atoms with Crippen molar-refractivity contribution in [3.05, 3.63) is 77.1 Å². The molecule has 0 aliphatic carbocycles. The highest BCUT2D eigenvalue weighted by atomic mass is 19.1. The van der Waals surface area contributed by atoms with Gasteiger partial charge in [0, 0.05) is 6.54 Å². The Labute approximate surface area is 133 Å². The molecule has 0 atom stereocenters. The van der Waals surface area contributed by atoms with Gasteiger partial charge in [-0.15, -0.1) is 0 Å². The fourth-order valence-corrected chi connectivity index (χ4v) is 1.90. The van der Waals surface area contributed by atoms with E-state index < -0.39 is 11.9 Å². The molecule has 0 radical (unpaired) electrons. The molecule has 2 rings (SSSR count). The predicted octanol–water partition coefficient (Wildman–Crippen LogP) is 3.64. The summed E-state index contributed by atoms with van der Waals surface area (Å²) in [6.07, 6.45) is 2.66. The van der Waals surface area contributed by atoms with E-state index in [4.69, 9.17) is 10.00 Å². The monoisotopic (exact) mass is 310 g/mol. The number of nitriles is 1. The van der Waals surface area contributed by atoms with Gasteiger partial charge in [0.25, 0.3) is 0 Å². The Morgan fingerprint density at radius 2 is 2.00 bits per heavy atom. The number of carbonyl (C=O) groups excluding carboxylic acids is 1. The van der Waals surface area contributed by atoms with Gasteiger partial charge in [0.1, 0.15) is 18.5 Å². The number of halogens is 1. The van der Waals surface area contributed by atoms with E-state index in [1.54, 1.807) is 18.2 Å². The first kappa shape index (κ1) is 16.2. The predicted molar refractivity (Wildman–Crippen MR) is 84.8 cm³/mol. The Morgan fingerprint density at radius 1 is 1.22 bits per heavy atom. The van der Waals surface area contributed by atoms with Crippen LogP contribution < -0.4 is 5.32 Å². The Kier molecular flexibility index (Phi) is 5.89. The van der Waals surface area contributed by atoms with Crippen molar-refractivity contribution < 1.29 is 13.9 Å². The molecule has 0 fully saturated rings. The highest BCUT2D eigenvalue weighted by Crippen LogP contribution is 2.13. The fourth-order valence-electron chi connectivity index (χ4n) is 1.90. The van der Waals surface area contributed by atoms with Gasteiger partial charge in [-0.2, -0.15) is 5.26 Å². The molecule has 23 heavy (non-hydrogen) atoms. The van der Waals surface area contributed by atoms with Gasteiger partial charge in [0.15, 0.2) is 0 Å². The van der Waals surface area contributed by atoms with E-state index in [1.807, 2.05) is 36.4 Å². The lowest BCUT2D eigenvalue weighted by Gasteiger charge is -2.05. The largest absolute Gasteiger partial charge is 0.445 e. The molecule has 2 aromatic carbocycles. The first-order valence-corrected chi connectivity index (χ1v) is 7.00. The lowest BCUT2D eigenvalue weighted by Crippen LogP contribution is -2.24. The maximum Gasteiger partial charge on any atom is 0.407 e. The number of alkyl carbamates (subject to hydrolysis) is 1. The normalized spacial score (nSPS) is 10.3. The third-order valence-electron chi connectivity index (χ3n) is 3.03. The van der Waals surface area contributed by atoms with Crippen LogP contribution in [0, 0.1) is 17.1 Å². The first-order chi connectivity index (χ1) is 11.2. The Hall–Kier alpha value is -3.13. The summed E-state index contributed by atoms with van der Waals surface area (Å²) in [5.74, 6) is -0.565. The molecule has 0 unspecified atom stereocenters. The van der Waals surface area contributed by atoms with Crippen LogP contribution in [-0.4, -0.2) is 12.6 Å². The zero-order valence-corrected chi connectivity index (χ0v) is 12.3. The molecule has 2 aromatic rings. The molecule has 1 amide bonds. The lowest BCUT2D eigenvalue weighted by molar-refractivity contribution is 0.141. The maximum atomic E-state index is 13.4. The number of hydrogen-bond donors (Lipinski definition) is 1. The van der Waals surface area contributed by atoms with Crippen molar-refractivity contribution in [2.24, 2.45) is 0 Å². The van der Waals surface area contributed by atoms with Gasteiger partial charge in [-0.25, -0.2) is 9.18 Å². The minimum Gasteiger partial charge on any atom is -0.445 e. The number of rotatable bonds is 5. The second-order valence-corrected chi connectivity index (χ2v) is 4.66. The summed E-state index contributed by atoms with van der Waals surface area (Å²) >= 11 is 0. The van der Waals surface area contributed by atoms with Crippen LogP contribution in [0.2, 0.25) is 0 Å². The van der Waals surface area contributed by atoms with Crippen LogP contribution in [0.25, 0.3) is 6.08 Å². The zero-order valence-electron chi connectivity index (χ0n) is 12.3. The van der Waals surface area contributed by atoms with E-state index in [-0.39, 0.29) is 18.7 Å². The quantitative estimate of drug-likeness (QED) is 0.917. The maximum absolute atomic E-state index is 13.4. The van der Waals surface area contributed by atoms with Crippen LogP contribution >= 0.6 is 0 Å². The molecule has 0 saturated carbocycles. The zero-order chi connectivity index (χ0) is 16.5. The second kappa shape index (κ2) is 8.35. The van der Waals surface area contributed by atoms with Crippen molar-refractivity contribution in [3.8, 4) is 6.07 Å². The van der Waals surface area contributed by atoms with Crippen LogP contribution in [0.15, 0.2) is 54.6 Å². The minimum atomic E-state index is -0.565. The summed E-state index contributed by atoms with van der Waals surface area (Å²) < 4.78 is 18.5. The van der Waals surface area contributed by atoms with Crippen LogP contribution in [-0.2, 0) is 11.3 Å². The van der Waals surface area contributed by atoms with E-state index in [2.05, 4.69) is 5.32 Å². The summed E-state index contributed by atoms with van der Waals surface area (Å²) in [5.41, 5.74) is 1.35. The number of hydrogen-bond acceptors (Lipinski definition) is 3. The van der Waals surface area contributed by atoms with Crippen LogP contribution in [0.4, 0.5) is 9.18 Å². The number of nitrogens with one attached hydrogen (secondary N) is 1. The number of benzene rings is 2. The van der Waals surface area contributed by atoms with Crippen molar-refractivity contribution in [2.75, 3.05) is 6.54 Å². The summed E-state index contributed by atoms with van der Waals surface area (Å²) in [7, 11) is 0. The smallest absolute Gasteiger partial charge is 0.407 e. The molecule has 116 valence electrons. The summed E-state index contributed by atoms with van der Waals surface area (Å²) in [6.45, 7) is 0.411. The number of ether oxygens (including phenoxy) is 1. The molecule has 1 N–H and O–H groups in total. The molecular formula is C18H15FN2O2. The average Bonchev–Trinajstić information content (AvgIpc) is 2.58. The molecule has 0 spiro atoms. The van der Waals surface area contributed by atoms with E-state index >= 15 is 0 Å². The highest BCUT2D eigenvalue weighted by molar-refractivity contribution is 5.67. The molecule has 0 aliphatic heterocycles. The van der Waals surface area contributed by atoms with Crippen molar-refractivity contribution in [3.63, 3.8) is 0 Å². The summed E-state index contributed by atoms with van der Waals surface area (Å²) in [6, 6.07) is 15.5. The van der Waals surface area contributed by atoms with Crippen LogP contribution in [0.5, 0.6) is 0 Å². The van der Waals surface area contributed by atoms with Crippen LogP contribution in [0.3, 0.4) is 0 Å². The Morgan fingerprint density at radius 3 is 2.74 bits per heavy atom. The topological polar surface area (TPSA) is 62.1 Å². The molecule has 5 heteroatoms. The van der Waals surface area contributed by atoms with Gasteiger partial charge in [0.2, 0.25) is 0 Å². The summed E-state index contributed by atoms with van der Waals surface area (Å²) in [4.78, 5) is 11.5. The lowest BCUT2D eigenvalue weighted by atomic mass is 10.1. The molecular weight excluding hydrogens is 295 g/mol. The van der Waals surface area contributed by atoms with Crippen molar-refractivity contribution in [2.45, 2.75) is 6.61 Å². The molecule has 0 bridgehead atoms. The van der Waals surface area contributed by atoms with Gasteiger partial charge >= 0.3 is 6.09 Å². The van der Waals surface area contributed by atoms with E-state index in [9.17, 15) is 9.18 Å². The van der Waals surface area contributed by atoms with Gasteiger partial charge in [-0.05, 0) is 17.2 Å². The third kappa shape index (κ3) is 4.97. The second-order valence-electron chi connectivity index (χ2n) is 4.66. The SMILES string of the molecule is N#Cc1c(F)cccc1C=CCNC(=O)OCc1ccccc1. The highest BCUT2D eigenvalue weighted by Gasteiger charge is 2.04. The van der Waals surface area contributed by atoms with Gasteiger partial charge < -0.3 is 10.1 Å². The van der Waals surface area contributed by atoms with Crippen LogP contribution in [0.1, 0.15) is 16.7 Å². The van der Waals surface area contributed by atoms with Crippen molar-refractivity contribution >= 4 is 12.2 Å². The fraction of sp³-hybridized carbons (Fsp3) is 0.111. The minimum absolute atomic E-state index is 0.0181. The number of nitrogens with zero attached hydrogens (tertiary/aromatic N) is 1. The van der Waals surface area contributed by atoms with Gasteiger partial charge in [-0.1, -0.05) is 54.6 Å². The standard InChI is InChI=1S/C18H15FN2O2/c19-17-10-4-8-15(16(17)12-20)9-5-11-21-18(22)23-13-14-6-2-1-3-7-14/h1-10H,11,13H2,(H,21,22).